The molecule has 0 aliphatic heterocycles. The largest absolute Gasteiger partial charge is 0.357 e. The van der Waals surface area contributed by atoms with Crippen LogP contribution in [0.5, 0.6) is 0 Å². The molecule has 0 aliphatic rings. The van der Waals surface area contributed by atoms with Crippen LogP contribution in [0.2, 0.25) is 0 Å². The Labute approximate surface area is 155 Å². The van der Waals surface area contributed by atoms with E-state index >= 15 is 0 Å². The third-order valence-corrected chi connectivity index (χ3v) is 4.44. The zero-order valence-corrected chi connectivity index (χ0v) is 15.7. The molecular formula is C21H27N5. The van der Waals surface area contributed by atoms with Gasteiger partial charge in [-0.2, -0.15) is 0 Å². The first-order valence-corrected chi connectivity index (χ1v) is 9.20. The van der Waals surface area contributed by atoms with E-state index in [9.17, 15) is 0 Å². The van der Waals surface area contributed by atoms with Gasteiger partial charge in [-0.15, -0.1) is 0 Å². The number of nitrogens with one attached hydrogen (secondary N) is 2. The van der Waals surface area contributed by atoms with Crippen molar-refractivity contribution in [3.05, 3.63) is 66.0 Å². The third kappa shape index (κ3) is 4.23. The van der Waals surface area contributed by atoms with Gasteiger partial charge in [0.1, 0.15) is 5.82 Å². The Bertz CT molecular complexity index is 866. The van der Waals surface area contributed by atoms with E-state index in [2.05, 4.69) is 76.5 Å². The number of para-hydroxylation sites is 2. The van der Waals surface area contributed by atoms with E-state index in [1.54, 1.807) is 0 Å². The van der Waals surface area contributed by atoms with E-state index in [4.69, 9.17) is 4.99 Å². The van der Waals surface area contributed by atoms with Gasteiger partial charge in [0.25, 0.3) is 0 Å². The Balaban J connectivity index is 1.68. The van der Waals surface area contributed by atoms with E-state index in [-0.39, 0.29) is 6.04 Å². The van der Waals surface area contributed by atoms with Crippen molar-refractivity contribution in [1.29, 1.82) is 0 Å². The third-order valence-electron chi connectivity index (χ3n) is 4.44. The highest BCUT2D eigenvalue weighted by Gasteiger charge is 2.08. The summed E-state index contributed by atoms with van der Waals surface area (Å²) >= 11 is 0. The SMILES string of the molecule is CCNC(=NCCn1c(C)nc2ccccc21)NC(C)c1ccccc1. The molecule has 0 saturated carbocycles. The zero-order valence-electron chi connectivity index (χ0n) is 15.7. The highest BCUT2D eigenvalue weighted by Crippen LogP contribution is 2.15. The van der Waals surface area contributed by atoms with Gasteiger partial charge in [-0.25, -0.2) is 4.98 Å². The van der Waals surface area contributed by atoms with Crippen LogP contribution in [-0.2, 0) is 6.54 Å². The lowest BCUT2D eigenvalue weighted by molar-refractivity contribution is 0.667. The molecule has 0 bridgehead atoms. The molecular weight excluding hydrogens is 322 g/mol. The maximum absolute atomic E-state index is 4.75. The average Bonchev–Trinajstić information content (AvgIpc) is 2.98. The molecule has 2 N–H and O–H groups in total. The Morgan fingerprint density at radius 2 is 1.85 bits per heavy atom. The molecule has 0 saturated heterocycles. The Hall–Kier alpha value is -2.82. The molecule has 1 heterocycles. The highest BCUT2D eigenvalue weighted by atomic mass is 15.2. The molecule has 5 heteroatoms. The van der Waals surface area contributed by atoms with Crippen molar-refractivity contribution in [3.63, 3.8) is 0 Å². The number of rotatable bonds is 6. The molecule has 0 spiro atoms. The maximum Gasteiger partial charge on any atom is 0.191 e. The summed E-state index contributed by atoms with van der Waals surface area (Å²) in [5.74, 6) is 1.86. The standard InChI is InChI=1S/C21H27N5/c1-4-22-21(24-16(2)18-10-6-5-7-11-18)23-14-15-26-17(3)25-19-12-8-9-13-20(19)26/h5-13,16H,4,14-15H2,1-3H3,(H2,22,23,24). The fourth-order valence-corrected chi connectivity index (χ4v) is 3.09. The van der Waals surface area contributed by atoms with Gasteiger partial charge < -0.3 is 15.2 Å². The minimum absolute atomic E-state index is 0.199. The minimum atomic E-state index is 0.199. The number of nitrogens with zero attached hydrogens (tertiary/aromatic N) is 3. The lowest BCUT2D eigenvalue weighted by Gasteiger charge is -2.18. The normalized spacial score (nSPS) is 13.0. The van der Waals surface area contributed by atoms with Crippen LogP contribution in [0.3, 0.4) is 0 Å². The topological polar surface area (TPSA) is 54.2 Å². The number of hydrogen-bond acceptors (Lipinski definition) is 2. The molecule has 0 fully saturated rings. The second-order valence-corrected chi connectivity index (χ2v) is 6.34. The summed E-state index contributed by atoms with van der Waals surface area (Å²) in [7, 11) is 0. The molecule has 26 heavy (non-hydrogen) atoms. The molecule has 0 amide bonds. The molecule has 3 aromatic rings. The summed E-state index contributed by atoms with van der Waals surface area (Å²) < 4.78 is 2.23. The molecule has 3 rings (SSSR count). The van der Waals surface area contributed by atoms with Crippen LogP contribution in [0, 0.1) is 6.92 Å². The first-order chi connectivity index (χ1) is 12.7. The number of imidazole rings is 1. The molecule has 2 aromatic carbocycles. The van der Waals surface area contributed by atoms with Gasteiger partial charge in [0.2, 0.25) is 0 Å². The van der Waals surface area contributed by atoms with Gasteiger partial charge in [-0.05, 0) is 38.5 Å². The molecule has 1 atom stereocenters. The van der Waals surface area contributed by atoms with Crippen molar-refractivity contribution in [1.82, 2.24) is 20.2 Å². The summed E-state index contributed by atoms with van der Waals surface area (Å²) in [5.41, 5.74) is 3.45. The van der Waals surface area contributed by atoms with Crippen LogP contribution in [0.4, 0.5) is 0 Å². The summed E-state index contributed by atoms with van der Waals surface area (Å²) in [4.78, 5) is 9.37. The van der Waals surface area contributed by atoms with E-state index in [0.717, 1.165) is 35.9 Å². The van der Waals surface area contributed by atoms with E-state index in [1.807, 2.05) is 19.1 Å². The Morgan fingerprint density at radius 1 is 1.12 bits per heavy atom. The van der Waals surface area contributed by atoms with Crippen molar-refractivity contribution in [2.45, 2.75) is 33.4 Å². The van der Waals surface area contributed by atoms with Gasteiger partial charge in [0, 0.05) is 13.1 Å². The maximum atomic E-state index is 4.75. The Morgan fingerprint density at radius 3 is 2.62 bits per heavy atom. The van der Waals surface area contributed by atoms with Crippen LogP contribution >= 0.6 is 0 Å². The molecule has 1 unspecified atom stereocenters. The van der Waals surface area contributed by atoms with Crippen LogP contribution in [-0.4, -0.2) is 28.6 Å². The van der Waals surface area contributed by atoms with Crippen LogP contribution in [0.1, 0.15) is 31.3 Å². The summed E-state index contributed by atoms with van der Waals surface area (Å²) in [6.07, 6.45) is 0. The predicted molar refractivity (Wildman–Crippen MR) is 108 cm³/mol. The monoisotopic (exact) mass is 349 g/mol. The van der Waals surface area contributed by atoms with Crippen LogP contribution in [0.15, 0.2) is 59.6 Å². The first-order valence-electron chi connectivity index (χ1n) is 9.20. The Kier molecular flexibility index (Phi) is 5.89. The zero-order chi connectivity index (χ0) is 18.4. The number of hydrogen-bond donors (Lipinski definition) is 2. The summed E-state index contributed by atoms with van der Waals surface area (Å²) in [5, 5.41) is 6.81. The lowest BCUT2D eigenvalue weighted by Crippen LogP contribution is -2.39. The minimum Gasteiger partial charge on any atom is -0.357 e. The van der Waals surface area contributed by atoms with Gasteiger partial charge in [-0.3, -0.25) is 4.99 Å². The van der Waals surface area contributed by atoms with E-state index in [0.29, 0.717) is 6.54 Å². The molecule has 0 aliphatic carbocycles. The van der Waals surface area contributed by atoms with Crippen molar-refractivity contribution in [2.24, 2.45) is 4.99 Å². The van der Waals surface area contributed by atoms with Crippen molar-refractivity contribution < 1.29 is 0 Å². The quantitative estimate of drug-likeness (QED) is 0.527. The number of aliphatic imine (C=N–C) groups is 1. The van der Waals surface area contributed by atoms with Gasteiger partial charge in [-0.1, -0.05) is 42.5 Å². The second-order valence-electron chi connectivity index (χ2n) is 6.34. The predicted octanol–water partition coefficient (Wildman–Crippen LogP) is 3.66. The number of aryl methyl sites for hydroxylation is 1. The van der Waals surface area contributed by atoms with Crippen LogP contribution < -0.4 is 10.6 Å². The summed E-state index contributed by atoms with van der Waals surface area (Å²) in [6.45, 7) is 8.61. The van der Waals surface area contributed by atoms with Crippen molar-refractivity contribution in [2.75, 3.05) is 13.1 Å². The number of guanidine groups is 1. The summed E-state index contributed by atoms with van der Waals surface area (Å²) in [6, 6.07) is 18.8. The van der Waals surface area contributed by atoms with E-state index < -0.39 is 0 Å². The fraction of sp³-hybridized carbons (Fsp3) is 0.333. The smallest absolute Gasteiger partial charge is 0.191 e. The first kappa shape index (κ1) is 18.0. The second kappa shape index (κ2) is 8.52. The number of aromatic nitrogens is 2. The number of fused-ring (bicyclic) bond motifs is 1. The van der Waals surface area contributed by atoms with Gasteiger partial charge >= 0.3 is 0 Å². The fourth-order valence-electron chi connectivity index (χ4n) is 3.09. The average molecular weight is 349 g/mol. The molecule has 5 nitrogen and oxygen atoms in total. The molecule has 0 radical (unpaired) electrons. The molecule has 1 aromatic heterocycles. The van der Waals surface area contributed by atoms with Crippen LogP contribution in [0.25, 0.3) is 11.0 Å². The molecule has 136 valence electrons. The number of benzene rings is 2. The van der Waals surface area contributed by atoms with Crippen molar-refractivity contribution >= 4 is 17.0 Å². The van der Waals surface area contributed by atoms with Crippen molar-refractivity contribution in [3.8, 4) is 0 Å². The highest BCUT2D eigenvalue weighted by molar-refractivity contribution is 5.80. The lowest BCUT2D eigenvalue weighted by atomic mass is 10.1. The van der Waals surface area contributed by atoms with E-state index in [1.165, 1.54) is 5.56 Å². The van der Waals surface area contributed by atoms with Gasteiger partial charge in [0.15, 0.2) is 5.96 Å². The van der Waals surface area contributed by atoms with Gasteiger partial charge in [0.05, 0.1) is 23.6 Å².